The highest BCUT2D eigenvalue weighted by Crippen LogP contribution is 2.43. The van der Waals surface area contributed by atoms with Gasteiger partial charge in [-0.05, 0) is 18.2 Å². The van der Waals surface area contributed by atoms with Gasteiger partial charge in [-0.2, -0.15) is 0 Å². The number of hydrogen-bond donors (Lipinski definition) is 0. The van der Waals surface area contributed by atoms with Gasteiger partial charge in [-0.25, -0.2) is 0 Å². The molecule has 0 radical (unpaired) electrons. The molecule has 0 aromatic heterocycles. The molecule has 0 heterocycles. The number of rotatable bonds is 4. The molecule has 24 heavy (non-hydrogen) atoms. The van der Waals surface area contributed by atoms with Gasteiger partial charge < -0.3 is 9.90 Å². The van der Waals surface area contributed by atoms with Gasteiger partial charge in [0.1, 0.15) is 6.09 Å². The monoisotopic (exact) mass is 370 g/mol. The summed E-state index contributed by atoms with van der Waals surface area (Å²) >= 11 is 11.4. The summed E-state index contributed by atoms with van der Waals surface area (Å²) in [7, 11) is 0. The van der Waals surface area contributed by atoms with Crippen molar-refractivity contribution in [2.45, 2.75) is 0 Å². The summed E-state index contributed by atoms with van der Waals surface area (Å²) in [4.78, 5) is 32.4. The molecule has 0 unspecified atom stereocenters. The number of anilines is 2. The number of nitro benzene ring substituents is 2. The highest BCUT2D eigenvalue weighted by atomic mass is 35.5. The Balaban J connectivity index is 2.86. The molecule has 2 rings (SSSR count). The Morgan fingerprint density at radius 3 is 1.92 bits per heavy atom. The SMILES string of the molecule is O=C([O-])N(c1cccc(Cl)c1)c1c([N+](=O)[O-])cc(Cl)cc1[N+](=O)[O-]. The summed E-state index contributed by atoms with van der Waals surface area (Å²) in [5.41, 5.74) is -2.68. The highest BCUT2D eigenvalue weighted by Gasteiger charge is 2.32. The van der Waals surface area contributed by atoms with Crippen molar-refractivity contribution < 1.29 is 19.7 Å². The van der Waals surface area contributed by atoms with E-state index in [1.54, 1.807) is 0 Å². The van der Waals surface area contributed by atoms with Gasteiger partial charge in [0.05, 0.1) is 14.9 Å². The maximum absolute atomic E-state index is 11.5. The molecule has 0 bridgehead atoms. The number of nitro groups is 2. The number of carboxylic acid groups (broad SMARTS) is 1. The Morgan fingerprint density at radius 1 is 0.958 bits per heavy atom. The molecule has 2 aromatic carbocycles. The van der Waals surface area contributed by atoms with E-state index < -0.39 is 33.0 Å². The summed E-state index contributed by atoms with van der Waals surface area (Å²) in [5.74, 6) is 0. The van der Waals surface area contributed by atoms with E-state index in [9.17, 15) is 30.1 Å². The average molecular weight is 371 g/mol. The normalized spacial score (nSPS) is 10.2. The summed E-state index contributed by atoms with van der Waals surface area (Å²) in [6.45, 7) is 0. The van der Waals surface area contributed by atoms with Crippen LogP contribution >= 0.6 is 23.2 Å². The van der Waals surface area contributed by atoms with Crippen LogP contribution in [0.15, 0.2) is 36.4 Å². The molecule has 0 atom stereocenters. The van der Waals surface area contributed by atoms with E-state index >= 15 is 0 Å². The molecule has 0 spiro atoms. The van der Waals surface area contributed by atoms with Crippen molar-refractivity contribution in [1.82, 2.24) is 0 Å². The predicted octanol–water partition coefficient (Wildman–Crippen LogP) is 3.29. The maximum Gasteiger partial charge on any atom is 0.301 e. The van der Waals surface area contributed by atoms with Gasteiger partial charge >= 0.3 is 11.4 Å². The third-order valence-corrected chi connectivity index (χ3v) is 3.35. The third-order valence-electron chi connectivity index (χ3n) is 2.90. The number of carbonyl (C=O) groups excluding carboxylic acids is 1. The molecule has 11 heteroatoms. The van der Waals surface area contributed by atoms with Crippen molar-refractivity contribution in [1.29, 1.82) is 0 Å². The molecule has 0 aliphatic rings. The highest BCUT2D eigenvalue weighted by molar-refractivity contribution is 6.31. The molecule has 1 amide bonds. The van der Waals surface area contributed by atoms with Crippen molar-refractivity contribution in [3.63, 3.8) is 0 Å². The molecule has 124 valence electrons. The van der Waals surface area contributed by atoms with Crippen LogP contribution in [0.3, 0.4) is 0 Å². The molecular weight excluding hydrogens is 365 g/mol. The lowest BCUT2D eigenvalue weighted by Crippen LogP contribution is -2.38. The first-order valence-corrected chi connectivity index (χ1v) is 6.87. The van der Waals surface area contributed by atoms with E-state index in [-0.39, 0.29) is 15.7 Å². The van der Waals surface area contributed by atoms with Gasteiger partial charge in [-0.15, -0.1) is 0 Å². The van der Waals surface area contributed by atoms with Crippen LogP contribution in [0, 0.1) is 20.2 Å². The average Bonchev–Trinajstić information content (AvgIpc) is 2.47. The first-order chi connectivity index (χ1) is 11.2. The van der Waals surface area contributed by atoms with Crippen LogP contribution in [0.2, 0.25) is 10.0 Å². The van der Waals surface area contributed by atoms with Crippen LogP contribution in [-0.4, -0.2) is 15.9 Å². The first-order valence-electron chi connectivity index (χ1n) is 6.11. The summed E-state index contributed by atoms with van der Waals surface area (Å²) in [5, 5.41) is 33.8. The third kappa shape index (κ3) is 3.36. The molecular formula is C13H6Cl2N3O6-. The molecule has 0 fully saturated rings. The van der Waals surface area contributed by atoms with Gasteiger partial charge in [0, 0.05) is 22.8 Å². The molecule has 2 aromatic rings. The lowest BCUT2D eigenvalue weighted by atomic mass is 10.2. The van der Waals surface area contributed by atoms with Gasteiger partial charge in [0.15, 0.2) is 0 Å². The number of nitrogens with zero attached hydrogens (tertiary/aromatic N) is 3. The number of hydrogen-bond acceptors (Lipinski definition) is 6. The van der Waals surface area contributed by atoms with E-state index in [1.165, 1.54) is 24.3 Å². The van der Waals surface area contributed by atoms with Crippen molar-refractivity contribution in [2.24, 2.45) is 0 Å². The van der Waals surface area contributed by atoms with Crippen LogP contribution in [0.25, 0.3) is 0 Å². The van der Waals surface area contributed by atoms with E-state index in [0.29, 0.717) is 4.90 Å². The predicted molar refractivity (Wildman–Crippen MR) is 83.7 cm³/mol. The Hall–Kier alpha value is -2.91. The summed E-state index contributed by atoms with van der Waals surface area (Å²) in [6.07, 6.45) is -1.91. The second-order valence-electron chi connectivity index (χ2n) is 4.39. The van der Waals surface area contributed by atoms with Crippen molar-refractivity contribution in [3.8, 4) is 0 Å². The quantitative estimate of drug-likeness (QED) is 0.599. The Morgan fingerprint density at radius 2 is 1.50 bits per heavy atom. The lowest BCUT2D eigenvalue weighted by Gasteiger charge is -2.24. The van der Waals surface area contributed by atoms with Crippen molar-refractivity contribution in [3.05, 3.63) is 66.7 Å². The zero-order valence-electron chi connectivity index (χ0n) is 11.5. The van der Waals surface area contributed by atoms with E-state index in [1.807, 2.05) is 0 Å². The molecule has 9 nitrogen and oxygen atoms in total. The van der Waals surface area contributed by atoms with E-state index in [0.717, 1.165) is 12.1 Å². The van der Waals surface area contributed by atoms with Gasteiger partial charge in [0.25, 0.3) is 0 Å². The molecule has 0 saturated heterocycles. The van der Waals surface area contributed by atoms with Gasteiger partial charge in [0.2, 0.25) is 5.69 Å². The van der Waals surface area contributed by atoms with E-state index in [2.05, 4.69) is 0 Å². The Labute approximate surface area is 143 Å². The van der Waals surface area contributed by atoms with Crippen molar-refractivity contribution >= 4 is 52.0 Å². The zero-order valence-corrected chi connectivity index (χ0v) is 13.0. The second kappa shape index (κ2) is 6.69. The minimum absolute atomic E-state index is 0.123. The number of amides is 1. The van der Waals surface area contributed by atoms with Crippen LogP contribution in [0.1, 0.15) is 0 Å². The van der Waals surface area contributed by atoms with Crippen molar-refractivity contribution in [2.75, 3.05) is 4.90 Å². The molecule has 0 N–H and O–H groups in total. The standard InChI is InChI=1S/C13H7Cl2N3O6/c14-7-2-1-3-9(4-7)16(13(19)20)12-10(17(21)22)5-8(15)6-11(12)18(23)24/h1-6H,(H,19,20)/p-1. The Kier molecular flexibility index (Phi) is 4.86. The first kappa shape index (κ1) is 17.4. The number of halogens is 2. The topological polar surface area (TPSA) is 130 Å². The number of carbonyl (C=O) groups is 1. The van der Waals surface area contributed by atoms with Crippen LogP contribution < -0.4 is 10.0 Å². The van der Waals surface area contributed by atoms with Gasteiger partial charge in [-0.3, -0.25) is 25.1 Å². The molecule has 0 saturated carbocycles. The minimum Gasteiger partial charge on any atom is -0.529 e. The largest absolute Gasteiger partial charge is 0.529 e. The zero-order chi connectivity index (χ0) is 18.0. The fraction of sp³-hybridized carbons (Fsp3) is 0. The van der Waals surface area contributed by atoms with E-state index in [4.69, 9.17) is 23.2 Å². The smallest absolute Gasteiger partial charge is 0.301 e. The molecule has 0 aliphatic carbocycles. The summed E-state index contributed by atoms with van der Waals surface area (Å²) < 4.78 is 0. The lowest BCUT2D eigenvalue weighted by molar-refractivity contribution is -0.392. The maximum atomic E-state index is 11.5. The Bertz CT molecular complexity index is 822. The minimum atomic E-state index is -1.91. The van der Waals surface area contributed by atoms with Crippen LogP contribution in [-0.2, 0) is 0 Å². The fourth-order valence-electron chi connectivity index (χ4n) is 2.02. The summed E-state index contributed by atoms with van der Waals surface area (Å²) in [6, 6.07) is 6.85. The number of benzene rings is 2. The second-order valence-corrected chi connectivity index (χ2v) is 5.26. The van der Waals surface area contributed by atoms with Crippen LogP contribution in [0.4, 0.5) is 27.5 Å². The fourth-order valence-corrected chi connectivity index (χ4v) is 2.41. The molecule has 0 aliphatic heterocycles. The van der Waals surface area contributed by atoms with Crippen LogP contribution in [0.5, 0.6) is 0 Å². The van der Waals surface area contributed by atoms with Gasteiger partial charge in [-0.1, -0.05) is 29.3 Å².